The normalized spacial score (nSPS) is 19.5. The molecule has 0 fully saturated rings. The van der Waals surface area contributed by atoms with Crippen molar-refractivity contribution in [1.82, 2.24) is 10.2 Å². The Morgan fingerprint density at radius 2 is 1.93 bits per heavy atom. The minimum atomic E-state index is -1.38. The van der Waals surface area contributed by atoms with Crippen molar-refractivity contribution in [1.29, 1.82) is 5.26 Å². The molecular formula is C23H19N5O2. The summed E-state index contributed by atoms with van der Waals surface area (Å²) in [4.78, 5) is 15.9. The van der Waals surface area contributed by atoms with Crippen molar-refractivity contribution < 1.29 is 9.53 Å². The molecule has 30 heavy (non-hydrogen) atoms. The van der Waals surface area contributed by atoms with Gasteiger partial charge in [0, 0.05) is 16.9 Å². The van der Waals surface area contributed by atoms with E-state index in [0.717, 1.165) is 16.9 Å². The molecule has 0 unspecified atom stereocenters. The van der Waals surface area contributed by atoms with Crippen LogP contribution in [0.4, 0.5) is 5.69 Å². The topological polar surface area (TPSA) is 108 Å². The SMILES string of the molecule is CCc1[nH]nc2c1[C@@]1(C(=O)N(Cc3ccccc3)c3ccccc31)C(C#N)=C(N)O2. The summed E-state index contributed by atoms with van der Waals surface area (Å²) < 4.78 is 5.64. The average molecular weight is 397 g/mol. The highest BCUT2D eigenvalue weighted by Gasteiger charge is 2.60. The smallest absolute Gasteiger partial charge is 0.248 e. The number of ether oxygens (including phenoxy) is 1. The van der Waals surface area contributed by atoms with Crippen molar-refractivity contribution >= 4 is 11.6 Å². The van der Waals surface area contributed by atoms with Crippen LogP contribution < -0.4 is 15.4 Å². The van der Waals surface area contributed by atoms with E-state index >= 15 is 0 Å². The molecular weight excluding hydrogens is 378 g/mol. The van der Waals surface area contributed by atoms with Crippen LogP contribution in [0.3, 0.4) is 0 Å². The Morgan fingerprint density at radius 1 is 1.20 bits per heavy atom. The first-order chi connectivity index (χ1) is 14.6. The van der Waals surface area contributed by atoms with Crippen LogP contribution in [-0.2, 0) is 23.2 Å². The van der Waals surface area contributed by atoms with Gasteiger partial charge >= 0.3 is 0 Å². The number of anilines is 1. The monoisotopic (exact) mass is 397 g/mol. The first kappa shape index (κ1) is 18.0. The van der Waals surface area contributed by atoms with E-state index in [-0.39, 0.29) is 23.2 Å². The van der Waals surface area contributed by atoms with Crippen LogP contribution in [0.15, 0.2) is 66.1 Å². The maximum Gasteiger partial charge on any atom is 0.248 e. The molecule has 2 aromatic carbocycles. The fourth-order valence-electron chi connectivity index (χ4n) is 4.54. The largest absolute Gasteiger partial charge is 0.420 e. The lowest BCUT2D eigenvalue weighted by Crippen LogP contribution is -2.46. The molecule has 1 amide bonds. The third-order valence-electron chi connectivity index (χ3n) is 5.82. The molecule has 1 aromatic heterocycles. The van der Waals surface area contributed by atoms with Crippen LogP contribution in [0.1, 0.15) is 29.3 Å². The molecule has 2 aliphatic rings. The van der Waals surface area contributed by atoms with E-state index in [9.17, 15) is 10.1 Å². The second-order valence-electron chi connectivity index (χ2n) is 7.33. The number of aromatic amines is 1. The molecule has 0 saturated carbocycles. The highest BCUT2D eigenvalue weighted by Crippen LogP contribution is 2.55. The Morgan fingerprint density at radius 3 is 2.67 bits per heavy atom. The Balaban J connectivity index is 1.81. The molecule has 0 saturated heterocycles. The zero-order valence-corrected chi connectivity index (χ0v) is 16.3. The number of nitrogens with two attached hydrogens (primary N) is 1. The second kappa shape index (κ2) is 6.49. The minimum Gasteiger partial charge on any atom is -0.420 e. The van der Waals surface area contributed by atoms with Gasteiger partial charge < -0.3 is 15.4 Å². The van der Waals surface area contributed by atoms with Gasteiger partial charge in [-0.1, -0.05) is 55.5 Å². The number of aryl methyl sites for hydroxylation is 1. The number of amides is 1. The summed E-state index contributed by atoms with van der Waals surface area (Å²) in [5.74, 6) is -0.0790. The van der Waals surface area contributed by atoms with Crippen molar-refractivity contribution in [2.75, 3.05) is 4.90 Å². The summed E-state index contributed by atoms with van der Waals surface area (Å²) in [6, 6.07) is 19.5. The van der Waals surface area contributed by atoms with Gasteiger partial charge in [-0.3, -0.25) is 9.89 Å². The number of carbonyl (C=O) groups is 1. The van der Waals surface area contributed by atoms with Crippen molar-refractivity contribution in [3.8, 4) is 11.9 Å². The number of benzene rings is 2. The molecule has 7 heteroatoms. The molecule has 0 aliphatic carbocycles. The molecule has 2 aliphatic heterocycles. The minimum absolute atomic E-state index is 0.0936. The molecule has 7 nitrogen and oxygen atoms in total. The van der Waals surface area contributed by atoms with Crippen molar-refractivity contribution in [3.05, 3.63) is 88.4 Å². The molecule has 5 rings (SSSR count). The van der Waals surface area contributed by atoms with Crippen LogP contribution in [-0.4, -0.2) is 16.1 Å². The zero-order chi connectivity index (χ0) is 20.9. The number of hydrogen-bond acceptors (Lipinski definition) is 5. The molecule has 0 bridgehead atoms. The van der Waals surface area contributed by atoms with Crippen LogP contribution in [0.2, 0.25) is 0 Å². The first-order valence-electron chi connectivity index (χ1n) is 9.74. The van der Waals surface area contributed by atoms with Gasteiger partial charge in [-0.2, -0.15) is 5.26 Å². The summed E-state index contributed by atoms with van der Waals surface area (Å²) >= 11 is 0. The number of nitriles is 1. The van der Waals surface area contributed by atoms with Gasteiger partial charge in [0.25, 0.3) is 0 Å². The lowest BCUT2D eigenvalue weighted by Gasteiger charge is -2.32. The Bertz CT molecular complexity index is 1240. The molecule has 1 atom stereocenters. The fraction of sp³-hybridized carbons (Fsp3) is 0.174. The number of aromatic nitrogens is 2. The fourth-order valence-corrected chi connectivity index (χ4v) is 4.54. The molecule has 1 spiro atoms. The van der Waals surface area contributed by atoms with Gasteiger partial charge in [-0.05, 0) is 18.1 Å². The van der Waals surface area contributed by atoms with Gasteiger partial charge in [0.15, 0.2) is 0 Å². The standard InChI is InChI=1S/C23H19N5O2/c1-2-17-19-21(27-26-17)30-20(25)16(12-24)23(19)15-10-6-7-11-18(15)28(22(23)29)13-14-8-4-3-5-9-14/h3-11H,2,13,25H2,1H3,(H,26,27)/t23-/m0/s1. The first-order valence-corrected chi connectivity index (χ1v) is 9.74. The summed E-state index contributed by atoms with van der Waals surface area (Å²) in [6.45, 7) is 2.34. The Hall–Kier alpha value is -4.05. The number of carbonyl (C=O) groups excluding carboxylic acids is 1. The number of para-hydroxylation sites is 1. The highest BCUT2D eigenvalue weighted by atomic mass is 16.5. The van der Waals surface area contributed by atoms with Gasteiger partial charge in [0.2, 0.25) is 17.7 Å². The molecule has 3 heterocycles. The molecule has 0 radical (unpaired) electrons. The van der Waals surface area contributed by atoms with E-state index in [1.54, 1.807) is 4.90 Å². The molecule has 3 N–H and O–H groups in total. The average Bonchev–Trinajstić information content (AvgIpc) is 3.28. The van der Waals surface area contributed by atoms with Crippen LogP contribution >= 0.6 is 0 Å². The Kier molecular flexibility index (Phi) is 3.90. The van der Waals surface area contributed by atoms with E-state index in [4.69, 9.17) is 10.5 Å². The maximum atomic E-state index is 14.2. The zero-order valence-electron chi connectivity index (χ0n) is 16.3. The highest BCUT2D eigenvalue weighted by molar-refractivity contribution is 6.14. The number of nitrogens with zero attached hydrogens (tertiary/aromatic N) is 3. The lowest BCUT2D eigenvalue weighted by atomic mass is 9.69. The van der Waals surface area contributed by atoms with E-state index < -0.39 is 5.41 Å². The number of rotatable bonds is 3. The predicted octanol–water partition coefficient (Wildman–Crippen LogP) is 2.89. The predicted molar refractivity (Wildman–Crippen MR) is 110 cm³/mol. The van der Waals surface area contributed by atoms with Crippen LogP contribution in [0.5, 0.6) is 5.88 Å². The van der Waals surface area contributed by atoms with Gasteiger partial charge in [-0.25, -0.2) is 0 Å². The summed E-state index contributed by atoms with van der Waals surface area (Å²) in [5, 5.41) is 17.3. The van der Waals surface area contributed by atoms with Crippen LogP contribution in [0.25, 0.3) is 0 Å². The Labute approximate surface area is 173 Å². The van der Waals surface area contributed by atoms with E-state index in [1.807, 2.05) is 61.5 Å². The van der Waals surface area contributed by atoms with Gasteiger partial charge in [0.1, 0.15) is 17.1 Å². The van der Waals surface area contributed by atoms with E-state index in [2.05, 4.69) is 16.3 Å². The third kappa shape index (κ3) is 2.19. The van der Waals surface area contributed by atoms with E-state index in [0.29, 0.717) is 24.1 Å². The van der Waals surface area contributed by atoms with Crippen molar-refractivity contribution in [3.63, 3.8) is 0 Å². The van der Waals surface area contributed by atoms with Crippen molar-refractivity contribution in [2.45, 2.75) is 25.3 Å². The third-order valence-corrected chi connectivity index (χ3v) is 5.82. The van der Waals surface area contributed by atoms with E-state index in [1.165, 1.54) is 0 Å². The van der Waals surface area contributed by atoms with Gasteiger partial charge in [-0.15, -0.1) is 5.10 Å². The number of nitrogens with one attached hydrogen (secondary N) is 1. The van der Waals surface area contributed by atoms with Crippen molar-refractivity contribution in [2.24, 2.45) is 5.73 Å². The lowest BCUT2D eigenvalue weighted by molar-refractivity contribution is -0.121. The quantitative estimate of drug-likeness (QED) is 0.706. The summed E-state index contributed by atoms with van der Waals surface area (Å²) in [6.07, 6.45) is 0.597. The number of H-pyrrole nitrogens is 1. The number of fused-ring (bicyclic) bond motifs is 4. The maximum absolute atomic E-state index is 14.2. The van der Waals surface area contributed by atoms with Crippen LogP contribution in [0, 0.1) is 11.3 Å². The van der Waals surface area contributed by atoms with Gasteiger partial charge in [0.05, 0.1) is 12.1 Å². The molecule has 148 valence electrons. The number of hydrogen-bond donors (Lipinski definition) is 2. The molecule has 3 aromatic rings. The second-order valence-corrected chi connectivity index (χ2v) is 7.33. The summed E-state index contributed by atoms with van der Waals surface area (Å²) in [7, 11) is 0. The summed E-state index contributed by atoms with van der Waals surface area (Å²) in [5.41, 5.74) is 8.63.